The van der Waals surface area contributed by atoms with Gasteiger partial charge in [0.1, 0.15) is 11.6 Å². The molecule has 30 heavy (non-hydrogen) atoms. The summed E-state index contributed by atoms with van der Waals surface area (Å²) in [7, 11) is -4.16. The lowest BCUT2D eigenvalue weighted by Crippen LogP contribution is -2.24. The Bertz CT molecular complexity index is 1330. The van der Waals surface area contributed by atoms with Crippen LogP contribution in [0.4, 0.5) is 17.6 Å². The van der Waals surface area contributed by atoms with Gasteiger partial charge < -0.3 is 9.84 Å². The number of sulfone groups is 1. The summed E-state index contributed by atoms with van der Waals surface area (Å²) in [5.41, 5.74) is -2.79. The van der Waals surface area contributed by atoms with E-state index < -0.39 is 60.7 Å². The zero-order chi connectivity index (χ0) is 22.4. The number of hydrogen-bond acceptors (Lipinski definition) is 6. The number of fused-ring (bicyclic) bond motifs is 1. The highest BCUT2D eigenvalue weighted by Crippen LogP contribution is 2.27. The molecule has 3 aromatic rings. The van der Waals surface area contributed by atoms with E-state index in [0.717, 1.165) is 35.0 Å². The smallest absolute Gasteiger partial charge is 0.476 e. The lowest BCUT2D eigenvalue weighted by Gasteiger charge is -2.14. The van der Waals surface area contributed by atoms with E-state index in [9.17, 15) is 40.7 Å². The van der Waals surface area contributed by atoms with Gasteiger partial charge >= 0.3 is 12.3 Å². The molecule has 1 aromatic heterocycles. The van der Waals surface area contributed by atoms with Crippen molar-refractivity contribution in [2.24, 2.45) is 0 Å². The van der Waals surface area contributed by atoms with Crippen molar-refractivity contribution in [3.05, 3.63) is 58.1 Å². The number of hydrogen-bond donors (Lipinski definition) is 1. The SMILES string of the molecule is CS(=O)(=O)c1cc(F)cc2c1c(=O)c(C(=O)O)nn2-c1ccc(OC(F)(F)F)cc1. The van der Waals surface area contributed by atoms with Crippen LogP contribution in [0.1, 0.15) is 10.5 Å². The van der Waals surface area contributed by atoms with E-state index >= 15 is 0 Å². The molecule has 0 fully saturated rings. The van der Waals surface area contributed by atoms with Crippen LogP contribution in [0.2, 0.25) is 0 Å². The van der Waals surface area contributed by atoms with Gasteiger partial charge in [-0.1, -0.05) is 0 Å². The van der Waals surface area contributed by atoms with Crippen molar-refractivity contribution in [2.75, 3.05) is 6.26 Å². The van der Waals surface area contributed by atoms with E-state index in [-0.39, 0.29) is 5.69 Å². The lowest BCUT2D eigenvalue weighted by atomic mass is 10.1. The number of rotatable bonds is 4. The normalized spacial score (nSPS) is 12.2. The van der Waals surface area contributed by atoms with Crippen LogP contribution in [-0.4, -0.2) is 41.9 Å². The number of aromatic carboxylic acids is 1. The van der Waals surface area contributed by atoms with Crippen LogP contribution >= 0.6 is 0 Å². The first-order chi connectivity index (χ1) is 13.8. The van der Waals surface area contributed by atoms with Gasteiger partial charge in [-0.25, -0.2) is 22.3 Å². The van der Waals surface area contributed by atoms with Crippen LogP contribution in [0, 0.1) is 5.82 Å². The number of nitrogens with zero attached hydrogens (tertiary/aromatic N) is 2. The molecule has 1 heterocycles. The average molecular weight is 446 g/mol. The van der Waals surface area contributed by atoms with Crippen molar-refractivity contribution in [3.63, 3.8) is 0 Å². The summed E-state index contributed by atoms with van der Waals surface area (Å²) in [6.45, 7) is 0. The number of carboxylic acid groups (broad SMARTS) is 1. The molecule has 0 unspecified atom stereocenters. The third-order valence-corrected chi connectivity index (χ3v) is 4.95. The zero-order valence-corrected chi connectivity index (χ0v) is 15.6. The Morgan fingerprint density at radius 1 is 1.17 bits per heavy atom. The number of benzene rings is 2. The van der Waals surface area contributed by atoms with Gasteiger partial charge in [0.15, 0.2) is 9.84 Å². The topological polar surface area (TPSA) is 116 Å². The number of ether oxygens (including phenoxy) is 1. The Labute approximate surface area is 164 Å². The molecule has 8 nitrogen and oxygen atoms in total. The van der Waals surface area contributed by atoms with Gasteiger partial charge in [0.05, 0.1) is 21.5 Å². The maximum absolute atomic E-state index is 14.1. The number of alkyl halides is 3. The molecule has 3 rings (SSSR count). The van der Waals surface area contributed by atoms with Crippen LogP contribution in [0.25, 0.3) is 16.6 Å². The van der Waals surface area contributed by atoms with Crippen LogP contribution in [0.15, 0.2) is 46.1 Å². The fourth-order valence-corrected chi connectivity index (χ4v) is 3.59. The molecule has 0 spiro atoms. The van der Waals surface area contributed by atoms with Gasteiger partial charge in [0.25, 0.3) is 0 Å². The number of carboxylic acids is 1. The van der Waals surface area contributed by atoms with E-state index in [1.54, 1.807) is 0 Å². The van der Waals surface area contributed by atoms with Gasteiger partial charge in [-0.2, -0.15) is 5.10 Å². The highest BCUT2D eigenvalue weighted by atomic mass is 32.2. The minimum Gasteiger partial charge on any atom is -0.476 e. The third kappa shape index (κ3) is 4.10. The predicted octanol–water partition coefficient (Wildman–Crippen LogP) is 2.53. The fourth-order valence-electron chi connectivity index (χ4n) is 2.70. The second-order valence-electron chi connectivity index (χ2n) is 6.01. The lowest BCUT2D eigenvalue weighted by molar-refractivity contribution is -0.274. The van der Waals surface area contributed by atoms with Crippen LogP contribution in [0.5, 0.6) is 5.75 Å². The van der Waals surface area contributed by atoms with Crippen molar-refractivity contribution in [2.45, 2.75) is 11.3 Å². The van der Waals surface area contributed by atoms with Crippen LogP contribution < -0.4 is 10.2 Å². The molecule has 0 aliphatic heterocycles. The predicted molar refractivity (Wildman–Crippen MR) is 94.1 cm³/mol. The van der Waals surface area contributed by atoms with E-state index in [2.05, 4.69) is 9.84 Å². The van der Waals surface area contributed by atoms with Crippen LogP contribution in [-0.2, 0) is 9.84 Å². The van der Waals surface area contributed by atoms with Gasteiger partial charge in [-0.15, -0.1) is 13.2 Å². The third-order valence-electron chi connectivity index (χ3n) is 3.83. The molecule has 158 valence electrons. The molecule has 0 aliphatic rings. The minimum atomic E-state index is -4.95. The number of aromatic nitrogens is 2. The molecule has 0 aliphatic carbocycles. The van der Waals surface area contributed by atoms with Gasteiger partial charge in [0.2, 0.25) is 11.1 Å². The van der Waals surface area contributed by atoms with E-state index in [0.29, 0.717) is 12.3 Å². The Balaban J connectivity index is 2.38. The van der Waals surface area contributed by atoms with E-state index in [4.69, 9.17) is 0 Å². The van der Waals surface area contributed by atoms with Crippen molar-refractivity contribution in [1.82, 2.24) is 9.78 Å². The van der Waals surface area contributed by atoms with Crippen molar-refractivity contribution < 1.29 is 40.6 Å². The molecule has 1 N–H and O–H groups in total. The monoisotopic (exact) mass is 446 g/mol. The second-order valence-corrected chi connectivity index (χ2v) is 7.99. The molecule has 13 heteroatoms. The highest BCUT2D eigenvalue weighted by molar-refractivity contribution is 7.91. The fraction of sp³-hybridized carbons (Fsp3) is 0.118. The van der Waals surface area contributed by atoms with E-state index in [1.807, 2.05) is 0 Å². The first-order valence-electron chi connectivity index (χ1n) is 7.84. The molecule has 0 saturated carbocycles. The first-order valence-corrected chi connectivity index (χ1v) is 9.73. The Morgan fingerprint density at radius 3 is 2.27 bits per heavy atom. The first kappa shape index (κ1) is 21.2. The Hall–Kier alpha value is -3.48. The number of carbonyl (C=O) groups is 1. The largest absolute Gasteiger partial charge is 0.573 e. The number of halogens is 4. The Kier molecular flexibility index (Phi) is 5.02. The second kappa shape index (κ2) is 7.09. The van der Waals surface area contributed by atoms with Crippen LogP contribution in [0.3, 0.4) is 0 Å². The van der Waals surface area contributed by atoms with Crippen molar-refractivity contribution >= 4 is 26.7 Å². The average Bonchev–Trinajstić information content (AvgIpc) is 2.60. The molecule has 0 atom stereocenters. The molecule has 2 aromatic carbocycles. The summed E-state index contributed by atoms with van der Waals surface area (Å²) in [6, 6.07) is 5.15. The summed E-state index contributed by atoms with van der Waals surface area (Å²) in [4.78, 5) is 23.2. The molecule has 0 saturated heterocycles. The quantitative estimate of drug-likeness (QED) is 0.613. The summed E-state index contributed by atoms with van der Waals surface area (Å²) >= 11 is 0. The van der Waals surface area contributed by atoms with Gasteiger partial charge in [0, 0.05) is 12.3 Å². The molecule has 0 amide bonds. The maximum atomic E-state index is 14.1. The van der Waals surface area contributed by atoms with Crippen molar-refractivity contribution in [3.8, 4) is 11.4 Å². The Morgan fingerprint density at radius 2 is 1.77 bits per heavy atom. The van der Waals surface area contributed by atoms with Crippen molar-refractivity contribution in [1.29, 1.82) is 0 Å². The molecule has 0 radical (unpaired) electrons. The zero-order valence-electron chi connectivity index (χ0n) is 14.8. The van der Waals surface area contributed by atoms with Gasteiger partial charge in [-0.3, -0.25) is 4.79 Å². The maximum Gasteiger partial charge on any atom is 0.573 e. The molecular weight excluding hydrogens is 436 g/mol. The summed E-state index contributed by atoms with van der Waals surface area (Å²) in [6.07, 6.45) is -4.25. The molecule has 0 bridgehead atoms. The summed E-state index contributed by atoms with van der Waals surface area (Å²) in [5.74, 6) is -3.44. The molecular formula is C17H10F4N2O6S. The minimum absolute atomic E-state index is 0.0814. The summed E-state index contributed by atoms with van der Waals surface area (Å²) < 4.78 is 79.6. The highest BCUT2D eigenvalue weighted by Gasteiger charge is 2.31. The van der Waals surface area contributed by atoms with E-state index in [1.165, 1.54) is 0 Å². The summed E-state index contributed by atoms with van der Waals surface area (Å²) in [5, 5.41) is 12.3. The standard InChI is InChI=1S/C17H10F4N2O6S/c1-30(27,28)12-7-8(18)6-11-13(12)15(24)14(16(25)26)22-23(11)9-2-4-10(5-3-9)29-17(19,20)21/h2-7H,1H3,(H,25,26). The van der Waals surface area contributed by atoms with Gasteiger partial charge in [-0.05, 0) is 30.3 Å².